The van der Waals surface area contributed by atoms with Crippen LogP contribution in [0.5, 0.6) is 0 Å². The summed E-state index contributed by atoms with van der Waals surface area (Å²) in [5.74, 6) is 0.918. The Morgan fingerprint density at radius 1 is 1.82 bits per heavy atom. The fraction of sp³-hybridized carbons (Fsp3) is 0.333. The van der Waals surface area contributed by atoms with Gasteiger partial charge in [0.25, 0.3) is 0 Å². The molecule has 2 nitrogen and oxygen atoms in total. The maximum atomic E-state index is 5.21. The van der Waals surface area contributed by atoms with Crippen LogP contribution in [0.25, 0.3) is 0 Å². The van der Waals surface area contributed by atoms with Crippen molar-refractivity contribution < 1.29 is 4.42 Å². The second kappa shape index (κ2) is 3.98. The Morgan fingerprint density at radius 2 is 2.64 bits per heavy atom. The summed E-state index contributed by atoms with van der Waals surface area (Å²) in [7, 11) is 0. The van der Waals surface area contributed by atoms with Gasteiger partial charge in [-0.05, 0) is 18.7 Å². The minimum Gasteiger partial charge on any atom is -0.467 e. The summed E-state index contributed by atoms with van der Waals surface area (Å²) >= 11 is 0. The van der Waals surface area contributed by atoms with E-state index in [1.54, 1.807) is 6.26 Å². The van der Waals surface area contributed by atoms with E-state index in [1.165, 1.54) is 0 Å². The van der Waals surface area contributed by atoms with Crippen LogP contribution in [-0.2, 0) is 0 Å². The molecule has 2 heteroatoms. The fourth-order valence-corrected chi connectivity index (χ4v) is 0.988. The second-order valence-electron chi connectivity index (χ2n) is 2.29. The van der Waals surface area contributed by atoms with Gasteiger partial charge in [-0.25, -0.2) is 0 Å². The van der Waals surface area contributed by atoms with Gasteiger partial charge in [-0.3, -0.25) is 0 Å². The van der Waals surface area contributed by atoms with Crippen molar-refractivity contribution in [3.05, 3.63) is 36.8 Å². The van der Waals surface area contributed by atoms with E-state index < -0.39 is 0 Å². The molecule has 0 aromatic carbocycles. The summed E-state index contributed by atoms with van der Waals surface area (Å²) in [4.78, 5) is 0. The zero-order valence-corrected chi connectivity index (χ0v) is 6.71. The van der Waals surface area contributed by atoms with Gasteiger partial charge in [0, 0.05) is 0 Å². The Hall–Kier alpha value is -1.02. The number of rotatable bonds is 4. The van der Waals surface area contributed by atoms with Crippen molar-refractivity contribution in [1.29, 1.82) is 0 Å². The topological polar surface area (TPSA) is 25.2 Å². The van der Waals surface area contributed by atoms with E-state index >= 15 is 0 Å². The Morgan fingerprint density at radius 3 is 3.09 bits per heavy atom. The van der Waals surface area contributed by atoms with Crippen LogP contribution in [0.3, 0.4) is 0 Å². The highest BCUT2D eigenvalue weighted by Crippen LogP contribution is 2.13. The smallest absolute Gasteiger partial charge is 0.124 e. The summed E-state index contributed by atoms with van der Waals surface area (Å²) < 4.78 is 5.21. The highest BCUT2D eigenvalue weighted by molar-refractivity contribution is 5.09. The minimum absolute atomic E-state index is 0.148. The monoisotopic (exact) mass is 151 g/mol. The van der Waals surface area contributed by atoms with Gasteiger partial charge in [0.2, 0.25) is 0 Å². The molecule has 0 fully saturated rings. The van der Waals surface area contributed by atoms with Crippen LogP contribution in [0.1, 0.15) is 18.7 Å². The highest BCUT2D eigenvalue weighted by atomic mass is 16.3. The van der Waals surface area contributed by atoms with E-state index in [2.05, 4.69) is 18.8 Å². The standard InChI is InChI=1S/C9H13NO/c1-3-8(10-4-2)9-6-5-7-11-9/h3,5-8,10H,1,4H2,2H3. The first-order chi connectivity index (χ1) is 5.38. The number of hydrogen-bond donors (Lipinski definition) is 1. The van der Waals surface area contributed by atoms with Crippen molar-refractivity contribution in [2.45, 2.75) is 13.0 Å². The summed E-state index contributed by atoms with van der Waals surface area (Å²) in [6, 6.07) is 3.97. The van der Waals surface area contributed by atoms with Crippen molar-refractivity contribution in [2.24, 2.45) is 0 Å². The largest absolute Gasteiger partial charge is 0.467 e. The third-order valence-corrected chi connectivity index (χ3v) is 1.51. The first kappa shape index (κ1) is 8.08. The van der Waals surface area contributed by atoms with Crippen molar-refractivity contribution in [2.75, 3.05) is 6.54 Å². The lowest BCUT2D eigenvalue weighted by Crippen LogP contribution is -2.17. The van der Waals surface area contributed by atoms with E-state index in [1.807, 2.05) is 18.2 Å². The normalized spacial score (nSPS) is 12.8. The lowest BCUT2D eigenvalue weighted by atomic mass is 10.2. The molecule has 0 aliphatic rings. The Labute approximate surface area is 66.9 Å². The average molecular weight is 151 g/mol. The van der Waals surface area contributed by atoms with Crippen LogP contribution in [0, 0.1) is 0 Å². The van der Waals surface area contributed by atoms with Crippen molar-refractivity contribution >= 4 is 0 Å². The van der Waals surface area contributed by atoms with Crippen LogP contribution in [0.4, 0.5) is 0 Å². The second-order valence-corrected chi connectivity index (χ2v) is 2.29. The van der Waals surface area contributed by atoms with Crippen molar-refractivity contribution in [1.82, 2.24) is 5.32 Å². The van der Waals surface area contributed by atoms with Gasteiger partial charge in [0.05, 0.1) is 12.3 Å². The molecule has 1 aromatic heterocycles. The Balaban J connectivity index is 2.63. The molecule has 1 rings (SSSR count). The molecule has 1 unspecified atom stereocenters. The predicted octanol–water partition coefficient (Wildman–Crippen LogP) is 2.12. The molecular weight excluding hydrogens is 138 g/mol. The number of furan rings is 1. The van der Waals surface area contributed by atoms with Crippen LogP contribution < -0.4 is 5.32 Å². The number of hydrogen-bond acceptors (Lipinski definition) is 2. The molecule has 1 atom stereocenters. The van der Waals surface area contributed by atoms with Gasteiger partial charge < -0.3 is 9.73 Å². The van der Waals surface area contributed by atoms with Crippen LogP contribution in [0.15, 0.2) is 35.5 Å². The first-order valence-electron chi connectivity index (χ1n) is 3.77. The molecule has 0 radical (unpaired) electrons. The third kappa shape index (κ3) is 1.95. The molecule has 0 amide bonds. The minimum atomic E-state index is 0.148. The number of nitrogens with one attached hydrogen (secondary N) is 1. The zero-order valence-electron chi connectivity index (χ0n) is 6.71. The summed E-state index contributed by atoms with van der Waals surface area (Å²) in [6.07, 6.45) is 3.51. The third-order valence-electron chi connectivity index (χ3n) is 1.51. The molecule has 0 spiro atoms. The zero-order chi connectivity index (χ0) is 8.10. The summed E-state index contributed by atoms with van der Waals surface area (Å²) in [5.41, 5.74) is 0. The van der Waals surface area contributed by atoms with E-state index in [-0.39, 0.29) is 6.04 Å². The SMILES string of the molecule is C=CC(NCC)c1ccco1. The quantitative estimate of drug-likeness (QED) is 0.667. The lowest BCUT2D eigenvalue weighted by molar-refractivity contribution is 0.459. The van der Waals surface area contributed by atoms with E-state index in [0.29, 0.717) is 0 Å². The van der Waals surface area contributed by atoms with E-state index in [0.717, 1.165) is 12.3 Å². The van der Waals surface area contributed by atoms with Gasteiger partial charge in [-0.15, -0.1) is 6.58 Å². The van der Waals surface area contributed by atoms with Crippen LogP contribution >= 0.6 is 0 Å². The van der Waals surface area contributed by atoms with E-state index in [9.17, 15) is 0 Å². The Bertz CT molecular complexity index is 203. The maximum absolute atomic E-state index is 5.21. The van der Waals surface area contributed by atoms with Gasteiger partial charge in [-0.1, -0.05) is 13.0 Å². The molecule has 0 bridgehead atoms. The van der Waals surface area contributed by atoms with Crippen molar-refractivity contribution in [3.63, 3.8) is 0 Å². The number of likely N-dealkylation sites (N-methyl/N-ethyl adjacent to an activating group) is 1. The van der Waals surface area contributed by atoms with Gasteiger partial charge in [0.1, 0.15) is 5.76 Å². The average Bonchev–Trinajstić information content (AvgIpc) is 2.52. The molecule has 1 aromatic rings. The molecule has 11 heavy (non-hydrogen) atoms. The van der Waals surface area contributed by atoms with Crippen LogP contribution in [-0.4, -0.2) is 6.54 Å². The molecule has 0 saturated carbocycles. The Kier molecular flexibility index (Phi) is 2.93. The summed E-state index contributed by atoms with van der Waals surface area (Å²) in [5, 5.41) is 3.22. The van der Waals surface area contributed by atoms with Gasteiger partial charge in [0.15, 0.2) is 0 Å². The summed E-state index contributed by atoms with van der Waals surface area (Å²) in [6.45, 7) is 6.68. The highest BCUT2D eigenvalue weighted by Gasteiger charge is 2.06. The molecular formula is C9H13NO. The lowest BCUT2D eigenvalue weighted by Gasteiger charge is -2.08. The van der Waals surface area contributed by atoms with Gasteiger partial charge in [-0.2, -0.15) is 0 Å². The van der Waals surface area contributed by atoms with E-state index in [4.69, 9.17) is 4.42 Å². The predicted molar refractivity (Wildman–Crippen MR) is 45.3 cm³/mol. The first-order valence-corrected chi connectivity index (χ1v) is 3.77. The molecule has 1 heterocycles. The fourth-order valence-electron chi connectivity index (χ4n) is 0.988. The molecule has 60 valence electrons. The van der Waals surface area contributed by atoms with Crippen molar-refractivity contribution in [3.8, 4) is 0 Å². The molecule has 0 aliphatic carbocycles. The maximum Gasteiger partial charge on any atom is 0.124 e. The molecule has 0 aliphatic heterocycles. The van der Waals surface area contributed by atoms with Gasteiger partial charge >= 0.3 is 0 Å². The molecule has 0 saturated heterocycles. The van der Waals surface area contributed by atoms with Crippen LogP contribution in [0.2, 0.25) is 0 Å². The molecule has 1 N–H and O–H groups in total.